The number of nitrogens with one attached hydrogen (secondary N) is 1. The number of aromatic nitrogens is 2. The van der Waals surface area contributed by atoms with Crippen LogP contribution in [-0.4, -0.2) is 27.5 Å². The summed E-state index contributed by atoms with van der Waals surface area (Å²) in [5.41, 5.74) is 2.66. The number of aromatic amines is 1. The first-order chi connectivity index (χ1) is 11.3. The lowest BCUT2D eigenvalue weighted by molar-refractivity contribution is 0.0720. The van der Waals surface area contributed by atoms with Gasteiger partial charge in [-0.15, -0.1) is 0 Å². The Balaban J connectivity index is 1.56. The highest BCUT2D eigenvalue weighted by Gasteiger charge is 2.32. The predicted molar refractivity (Wildman–Crippen MR) is 85.7 cm³/mol. The molecule has 1 aliphatic heterocycles. The highest BCUT2D eigenvalue weighted by molar-refractivity contribution is 5.95. The van der Waals surface area contributed by atoms with Crippen LogP contribution < -0.4 is 0 Å². The maximum absolute atomic E-state index is 12.8. The number of carbonyl (C=O) groups is 1. The number of rotatable bonds is 3. The molecule has 23 heavy (non-hydrogen) atoms. The molecule has 4 rings (SSSR count). The number of hydrogen-bond donors (Lipinski definition) is 1. The number of likely N-dealkylation sites (tertiary alicyclic amines) is 1. The molecular formula is C18H17N3O2. The van der Waals surface area contributed by atoms with Crippen LogP contribution >= 0.6 is 0 Å². The van der Waals surface area contributed by atoms with E-state index in [9.17, 15) is 4.79 Å². The van der Waals surface area contributed by atoms with Crippen molar-refractivity contribution >= 4 is 5.91 Å². The van der Waals surface area contributed by atoms with E-state index in [0.717, 1.165) is 36.4 Å². The maximum atomic E-state index is 12.8. The smallest absolute Gasteiger partial charge is 0.254 e. The lowest BCUT2D eigenvalue weighted by Crippen LogP contribution is -2.30. The minimum atomic E-state index is 0.0461. The van der Waals surface area contributed by atoms with Gasteiger partial charge < -0.3 is 9.32 Å². The Morgan fingerprint density at radius 2 is 2.09 bits per heavy atom. The van der Waals surface area contributed by atoms with Gasteiger partial charge in [-0.2, -0.15) is 5.10 Å². The van der Waals surface area contributed by atoms with Gasteiger partial charge in [-0.1, -0.05) is 12.1 Å². The highest BCUT2D eigenvalue weighted by atomic mass is 16.3. The second-order valence-electron chi connectivity index (χ2n) is 5.72. The summed E-state index contributed by atoms with van der Waals surface area (Å²) in [6.07, 6.45) is 5.33. The van der Waals surface area contributed by atoms with Crippen LogP contribution in [0.1, 0.15) is 35.0 Å². The van der Waals surface area contributed by atoms with Gasteiger partial charge in [-0.25, -0.2) is 0 Å². The number of carbonyl (C=O) groups excluding carboxylic acids is 1. The fourth-order valence-electron chi connectivity index (χ4n) is 3.16. The zero-order valence-corrected chi connectivity index (χ0v) is 12.6. The largest absolute Gasteiger partial charge is 0.467 e. The Bertz CT molecular complexity index is 776. The van der Waals surface area contributed by atoms with E-state index in [1.807, 2.05) is 47.4 Å². The standard InChI is InChI=1S/C18H17N3O2/c22-18(21-11-1-3-16(21)17-4-2-12-23-17)14-7-5-13(6-8-14)15-9-10-19-20-15/h2,4-10,12,16H,1,3,11H2,(H,19,20)/t16-/m0/s1. The van der Waals surface area contributed by atoms with Crippen molar-refractivity contribution in [1.82, 2.24) is 15.1 Å². The predicted octanol–water partition coefficient (Wildman–Crippen LogP) is 3.65. The average molecular weight is 307 g/mol. The third-order valence-electron chi connectivity index (χ3n) is 4.33. The second kappa shape index (κ2) is 5.76. The third-order valence-corrected chi connectivity index (χ3v) is 4.33. The van der Waals surface area contributed by atoms with Gasteiger partial charge in [0.2, 0.25) is 0 Å². The number of benzene rings is 1. The van der Waals surface area contributed by atoms with Crippen LogP contribution in [0.3, 0.4) is 0 Å². The molecule has 1 atom stereocenters. The van der Waals surface area contributed by atoms with Crippen LogP contribution in [0.5, 0.6) is 0 Å². The minimum Gasteiger partial charge on any atom is -0.467 e. The van der Waals surface area contributed by atoms with Gasteiger partial charge in [0.1, 0.15) is 5.76 Å². The van der Waals surface area contributed by atoms with E-state index in [1.165, 1.54) is 0 Å². The third kappa shape index (κ3) is 2.54. The van der Waals surface area contributed by atoms with E-state index in [4.69, 9.17) is 4.42 Å². The molecule has 1 aromatic carbocycles. The molecule has 1 amide bonds. The van der Waals surface area contributed by atoms with Gasteiger partial charge in [0, 0.05) is 18.3 Å². The van der Waals surface area contributed by atoms with Gasteiger partial charge >= 0.3 is 0 Å². The van der Waals surface area contributed by atoms with Gasteiger partial charge in [-0.3, -0.25) is 9.89 Å². The monoisotopic (exact) mass is 307 g/mol. The normalized spacial score (nSPS) is 17.6. The molecule has 1 N–H and O–H groups in total. The molecule has 5 heteroatoms. The van der Waals surface area contributed by atoms with Crippen molar-refractivity contribution in [2.45, 2.75) is 18.9 Å². The molecule has 0 aliphatic carbocycles. The molecule has 1 fully saturated rings. The van der Waals surface area contributed by atoms with Crippen LogP contribution in [0.25, 0.3) is 11.3 Å². The van der Waals surface area contributed by atoms with Crippen molar-refractivity contribution in [3.8, 4) is 11.3 Å². The molecule has 0 spiro atoms. The second-order valence-corrected chi connectivity index (χ2v) is 5.72. The van der Waals surface area contributed by atoms with Crippen molar-refractivity contribution in [3.63, 3.8) is 0 Å². The summed E-state index contributed by atoms with van der Waals surface area (Å²) in [5.74, 6) is 0.921. The van der Waals surface area contributed by atoms with Gasteiger partial charge in [0.05, 0.1) is 18.0 Å². The molecule has 116 valence electrons. The van der Waals surface area contributed by atoms with E-state index in [0.29, 0.717) is 5.56 Å². The molecule has 0 radical (unpaired) electrons. The summed E-state index contributed by atoms with van der Waals surface area (Å²) in [7, 11) is 0. The minimum absolute atomic E-state index is 0.0461. The van der Waals surface area contributed by atoms with Crippen molar-refractivity contribution in [2.24, 2.45) is 0 Å². The summed E-state index contributed by atoms with van der Waals surface area (Å²) in [6.45, 7) is 0.770. The van der Waals surface area contributed by atoms with Gasteiger partial charge in [-0.05, 0) is 48.7 Å². The van der Waals surface area contributed by atoms with Gasteiger partial charge in [0.25, 0.3) is 5.91 Å². The average Bonchev–Trinajstić information content (AvgIpc) is 3.35. The lowest BCUT2D eigenvalue weighted by Gasteiger charge is -2.23. The van der Waals surface area contributed by atoms with E-state index < -0.39 is 0 Å². The molecule has 0 saturated carbocycles. The van der Waals surface area contributed by atoms with Crippen molar-refractivity contribution in [2.75, 3.05) is 6.54 Å². The van der Waals surface area contributed by atoms with Crippen LogP contribution in [0, 0.1) is 0 Å². The first-order valence-electron chi connectivity index (χ1n) is 7.77. The summed E-state index contributed by atoms with van der Waals surface area (Å²) >= 11 is 0. The fraction of sp³-hybridized carbons (Fsp3) is 0.222. The first-order valence-corrected chi connectivity index (χ1v) is 7.77. The molecule has 0 unspecified atom stereocenters. The summed E-state index contributed by atoms with van der Waals surface area (Å²) in [4.78, 5) is 14.7. The van der Waals surface area contributed by atoms with Crippen LogP contribution in [0.2, 0.25) is 0 Å². The summed E-state index contributed by atoms with van der Waals surface area (Å²) in [6, 6.07) is 13.4. The van der Waals surface area contributed by atoms with E-state index in [1.54, 1.807) is 12.5 Å². The highest BCUT2D eigenvalue weighted by Crippen LogP contribution is 2.33. The fourth-order valence-corrected chi connectivity index (χ4v) is 3.16. The number of amides is 1. The number of H-pyrrole nitrogens is 1. The Morgan fingerprint density at radius 3 is 2.78 bits per heavy atom. The zero-order valence-electron chi connectivity index (χ0n) is 12.6. The Kier molecular flexibility index (Phi) is 3.46. The van der Waals surface area contributed by atoms with E-state index >= 15 is 0 Å². The lowest BCUT2D eigenvalue weighted by atomic mass is 10.1. The molecule has 3 heterocycles. The number of nitrogens with zero attached hydrogens (tertiary/aromatic N) is 2. The number of furan rings is 1. The van der Waals surface area contributed by atoms with Gasteiger partial charge in [0.15, 0.2) is 0 Å². The summed E-state index contributed by atoms with van der Waals surface area (Å²) < 4.78 is 5.50. The van der Waals surface area contributed by atoms with Crippen LogP contribution in [-0.2, 0) is 0 Å². The quantitative estimate of drug-likeness (QED) is 0.803. The topological polar surface area (TPSA) is 62.1 Å². The molecule has 5 nitrogen and oxygen atoms in total. The Hall–Kier alpha value is -2.82. The molecule has 0 bridgehead atoms. The van der Waals surface area contributed by atoms with Crippen LogP contribution in [0.15, 0.2) is 59.3 Å². The van der Waals surface area contributed by atoms with Crippen LogP contribution in [0.4, 0.5) is 0 Å². The Labute approximate surface area is 133 Å². The molecule has 3 aromatic rings. The molecular weight excluding hydrogens is 290 g/mol. The Morgan fingerprint density at radius 1 is 1.22 bits per heavy atom. The molecule has 1 aliphatic rings. The first kappa shape index (κ1) is 13.8. The SMILES string of the molecule is O=C(c1ccc(-c2ccn[nH]2)cc1)N1CCC[C@H]1c1ccco1. The van der Waals surface area contributed by atoms with Crippen molar-refractivity contribution in [1.29, 1.82) is 0 Å². The van der Waals surface area contributed by atoms with E-state index in [-0.39, 0.29) is 11.9 Å². The van der Waals surface area contributed by atoms with Crippen molar-refractivity contribution in [3.05, 3.63) is 66.2 Å². The molecule has 1 saturated heterocycles. The number of hydrogen-bond acceptors (Lipinski definition) is 3. The zero-order chi connectivity index (χ0) is 15.6. The summed E-state index contributed by atoms with van der Waals surface area (Å²) in [5, 5.41) is 6.87. The molecule has 2 aromatic heterocycles. The van der Waals surface area contributed by atoms with Crippen molar-refractivity contribution < 1.29 is 9.21 Å². The maximum Gasteiger partial charge on any atom is 0.254 e. The van der Waals surface area contributed by atoms with E-state index in [2.05, 4.69) is 10.2 Å².